The van der Waals surface area contributed by atoms with E-state index in [0.29, 0.717) is 6.54 Å². The third-order valence-electron chi connectivity index (χ3n) is 2.65. The quantitative estimate of drug-likeness (QED) is 0.469. The first-order chi connectivity index (χ1) is 7.36. The zero-order valence-electron chi connectivity index (χ0n) is 9.65. The normalized spacial score (nSPS) is 15.7. The summed E-state index contributed by atoms with van der Waals surface area (Å²) >= 11 is 0. The van der Waals surface area contributed by atoms with Gasteiger partial charge in [-0.05, 0) is 6.42 Å². The van der Waals surface area contributed by atoms with Crippen LogP contribution in [0.25, 0.3) is 0 Å². The lowest BCUT2D eigenvalue weighted by atomic mass is 10.4. The fourth-order valence-corrected chi connectivity index (χ4v) is 3.75. The zero-order chi connectivity index (χ0) is 10.9. The molecule has 0 radical (unpaired) electrons. The Hall–Kier alpha value is -0.423. The van der Waals surface area contributed by atoms with Gasteiger partial charge in [0.2, 0.25) is 0 Å². The summed E-state index contributed by atoms with van der Waals surface area (Å²) in [6.07, 6.45) is 5.68. The highest BCUT2D eigenvalue weighted by Gasteiger charge is 2.06. The summed E-state index contributed by atoms with van der Waals surface area (Å²) in [5.74, 6) is 0. The molecule has 0 aliphatic carbocycles. The average molecular weight is 225 g/mol. The minimum Gasteiger partial charge on any atom is -0.329 e. The van der Waals surface area contributed by atoms with Gasteiger partial charge in [-0.25, -0.2) is 5.01 Å². The Balaban J connectivity index is 2.05. The lowest BCUT2D eigenvalue weighted by molar-refractivity contribution is 0.201. The third-order valence-corrected chi connectivity index (χ3v) is 5.16. The zero-order valence-corrected chi connectivity index (χ0v) is 10.8. The molecule has 0 aromatic carbocycles. The fraction of sp³-hybridized carbons (Fsp3) is 0.636. The molecule has 4 heteroatoms. The highest BCUT2D eigenvalue weighted by molar-refractivity contribution is 6.70. The van der Waals surface area contributed by atoms with Crippen LogP contribution < -0.4 is 11.2 Å². The topological polar surface area (TPSA) is 41.3 Å². The van der Waals surface area contributed by atoms with Gasteiger partial charge in [-0.15, -0.1) is 0 Å². The van der Waals surface area contributed by atoms with Gasteiger partial charge in [0.15, 0.2) is 0 Å². The van der Waals surface area contributed by atoms with Crippen LogP contribution >= 0.6 is 0 Å². The lowest BCUT2D eigenvalue weighted by Gasteiger charge is -2.21. The minimum atomic E-state index is -0.618. The molecule has 15 heavy (non-hydrogen) atoms. The van der Waals surface area contributed by atoms with Crippen LogP contribution in [0.15, 0.2) is 23.6 Å². The summed E-state index contributed by atoms with van der Waals surface area (Å²) < 4.78 is 0. The molecule has 86 valence electrons. The first kappa shape index (κ1) is 12.6. The molecule has 3 nitrogen and oxygen atoms in total. The molecule has 0 atom stereocenters. The van der Waals surface area contributed by atoms with Gasteiger partial charge in [0, 0.05) is 26.2 Å². The van der Waals surface area contributed by atoms with E-state index in [2.05, 4.69) is 40.9 Å². The molecule has 0 spiro atoms. The molecule has 0 aromatic rings. The van der Waals surface area contributed by atoms with Gasteiger partial charge in [-0.3, -0.25) is 5.43 Å². The largest absolute Gasteiger partial charge is 0.329 e. The van der Waals surface area contributed by atoms with Crippen molar-refractivity contribution in [2.24, 2.45) is 5.73 Å². The van der Waals surface area contributed by atoms with E-state index in [9.17, 15) is 0 Å². The Morgan fingerprint density at radius 1 is 1.33 bits per heavy atom. The van der Waals surface area contributed by atoms with Gasteiger partial charge < -0.3 is 5.73 Å². The fourth-order valence-electron chi connectivity index (χ4n) is 1.76. The smallest absolute Gasteiger partial charge is 0.0852 e. The molecule has 0 saturated heterocycles. The Morgan fingerprint density at radius 2 is 2.07 bits per heavy atom. The van der Waals surface area contributed by atoms with Gasteiger partial charge in [-0.1, -0.05) is 36.5 Å². The number of hydrogen-bond acceptors (Lipinski definition) is 3. The van der Waals surface area contributed by atoms with Crippen LogP contribution in [0.5, 0.6) is 0 Å². The maximum Gasteiger partial charge on any atom is 0.0852 e. The molecule has 0 fully saturated rings. The van der Waals surface area contributed by atoms with E-state index in [0.717, 1.165) is 19.6 Å². The van der Waals surface area contributed by atoms with Gasteiger partial charge in [0.25, 0.3) is 0 Å². The SMILES string of the molecule is CCN(CCC[SiH]1C=CC=C1)NCCN. The van der Waals surface area contributed by atoms with Crippen molar-refractivity contribution in [1.82, 2.24) is 10.4 Å². The lowest BCUT2D eigenvalue weighted by Crippen LogP contribution is -2.41. The van der Waals surface area contributed by atoms with Gasteiger partial charge in [-0.2, -0.15) is 0 Å². The average Bonchev–Trinajstić information content (AvgIpc) is 2.76. The van der Waals surface area contributed by atoms with E-state index in [1.807, 2.05) is 0 Å². The van der Waals surface area contributed by atoms with Crippen LogP contribution in [-0.2, 0) is 0 Å². The Bertz CT molecular complexity index is 204. The van der Waals surface area contributed by atoms with Crippen LogP contribution in [0, 0.1) is 0 Å². The molecule has 3 N–H and O–H groups in total. The van der Waals surface area contributed by atoms with E-state index in [-0.39, 0.29) is 0 Å². The number of hydrazine groups is 1. The monoisotopic (exact) mass is 225 g/mol. The Kier molecular flexibility index (Phi) is 6.59. The van der Waals surface area contributed by atoms with E-state index < -0.39 is 8.80 Å². The molecule has 1 rings (SSSR count). The Labute approximate surface area is 94.6 Å². The van der Waals surface area contributed by atoms with Crippen molar-refractivity contribution in [2.75, 3.05) is 26.2 Å². The summed E-state index contributed by atoms with van der Waals surface area (Å²) in [5, 5.41) is 2.27. The predicted molar refractivity (Wildman–Crippen MR) is 69.2 cm³/mol. The van der Waals surface area contributed by atoms with Crippen molar-refractivity contribution in [1.29, 1.82) is 0 Å². The first-order valence-electron chi connectivity index (χ1n) is 5.90. The molecule has 0 aromatic heterocycles. The summed E-state index contributed by atoms with van der Waals surface area (Å²) in [7, 11) is -0.618. The van der Waals surface area contributed by atoms with Gasteiger partial charge in [0.1, 0.15) is 0 Å². The highest BCUT2D eigenvalue weighted by Crippen LogP contribution is 2.06. The minimum absolute atomic E-state index is 0.618. The predicted octanol–water partition coefficient (Wildman–Crippen LogP) is 0.593. The number of hydrogen-bond donors (Lipinski definition) is 2. The molecular formula is C11H23N3Si. The first-order valence-corrected chi connectivity index (χ1v) is 8.05. The standard InChI is InChI=1S/C11H23N3Si/c1-2-14(13-7-6-12)8-5-11-15-9-3-4-10-15/h3-4,9-10,13,15H,2,5-8,11-12H2,1H3. The summed E-state index contributed by atoms with van der Waals surface area (Å²) in [4.78, 5) is 0. The van der Waals surface area contributed by atoms with Crippen molar-refractivity contribution in [2.45, 2.75) is 19.4 Å². The molecule has 1 aliphatic heterocycles. The van der Waals surface area contributed by atoms with Crippen LogP contribution in [-0.4, -0.2) is 40.0 Å². The molecule has 0 unspecified atom stereocenters. The van der Waals surface area contributed by atoms with Crippen molar-refractivity contribution in [3.63, 3.8) is 0 Å². The number of nitrogens with one attached hydrogen (secondary N) is 1. The molecule has 1 aliphatic rings. The molecule has 1 heterocycles. The molecular weight excluding hydrogens is 202 g/mol. The second-order valence-electron chi connectivity index (χ2n) is 3.85. The summed E-state index contributed by atoms with van der Waals surface area (Å²) in [6, 6.07) is 1.38. The number of nitrogens with zero attached hydrogens (tertiary/aromatic N) is 1. The maximum absolute atomic E-state index is 5.46. The van der Waals surface area contributed by atoms with E-state index in [1.165, 1.54) is 12.5 Å². The molecule has 0 amide bonds. The van der Waals surface area contributed by atoms with Crippen molar-refractivity contribution < 1.29 is 0 Å². The number of allylic oxidation sites excluding steroid dienone is 2. The van der Waals surface area contributed by atoms with E-state index >= 15 is 0 Å². The van der Waals surface area contributed by atoms with Crippen LogP contribution in [0.3, 0.4) is 0 Å². The second-order valence-corrected chi connectivity index (χ2v) is 6.53. The van der Waals surface area contributed by atoms with Gasteiger partial charge in [0.05, 0.1) is 8.80 Å². The van der Waals surface area contributed by atoms with Crippen molar-refractivity contribution in [3.8, 4) is 0 Å². The Morgan fingerprint density at radius 3 is 2.67 bits per heavy atom. The summed E-state index contributed by atoms with van der Waals surface area (Å²) in [5.41, 5.74) is 13.6. The van der Waals surface area contributed by atoms with Crippen molar-refractivity contribution >= 4 is 8.80 Å². The molecule has 0 bridgehead atoms. The number of nitrogens with two attached hydrogens (primary N) is 1. The van der Waals surface area contributed by atoms with Gasteiger partial charge >= 0.3 is 0 Å². The maximum atomic E-state index is 5.46. The van der Waals surface area contributed by atoms with E-state index in [1.54, 1.807) is 0 Å². The highest BCUT2D eigenvalue weighted by atomic mass is 28.3. The van der Waals surface area contributed by atoms with Crippen LogP contribution in [0.2, 0.25) is 6.04 Å². The van der Waals surface area contributed by atoms with Crippen LogP contribution in [0.1, 0.15) is 13.3 Å². The molecule has 0 saturated carbocycles. The second kappa shape index (κ2) is 7.82. The summed E-state index contributed by atoms with van der Waals surface area (Å²) in [6.45, 7) is 5.96. The van der Waals surface area contributed by atoms with E-state index in [4.69, 9.17) is 5.73 Å². The van der Waals surface area contributed by atoms with Crippen LogP contribution in [0.4, 0.5) is 0 Å². The van der Waals surface area contributed by atoms with Crippen molar-refractivity contribution in [3.05, 3.63) is 23.6 Å². The third kappa shape index (κ3) is 5.27. The number of rotatable bonds is 8.